The Morgan fingerprint density at radius 1 is 1.10 bits per heavy atom. The van der Waals surface area contributed by atoms with Gasteiger partial charge in [-0.15, -0.1) is 0 Å². The molecule has 0 amide bonds. The van der Waals surface area contributed by atoms with Crippen molar-refractivity contribution in [3.63, 3.8) is 0 Å². The maximum Gasteiger partial charge on any atom is 0.245 e. The number of benzene rings is 1. The molecule has 1 saturated heterocycles. The summed E-state index contributed by atoms with van der Waals surface area (Å²) in [5.41, 5.74) is 4.87. The highest BCUT2D eigenvalue weighted by molar-refractivity contribution is 6.01. The summed E-state index contributed by atoms with van der Waals surface area (Å²) in [5.74, 6) is -0.810. The molecule has 2 aliphatic rings. The van der Waals surface area contributed by atoms with Gasteiger partial charge in [-0.3, -0.25) is 9.69 Å². The van der Waals surface area contributed by atoms with E-state index in [1.807, 2.05) is 35.1 Å². The van der Waals surface area contributed by atoms with Gasteiger partial charge in [-0.05, 0) is 55.5 Å². The molecule has 2 aromatic heterocycles. The summed E-state index contributed by atoms with van der Waals surface area (Å²) < 4.78 is 41.8. The molecule has 0 radical (unpaired) electrons. The Kier molecular flexibility index (Phi) is 9.91. The predicted octanol–water partition coefficient (Wildman–Crippen LogP) is 6.07. The minimum Gasteiger partial charge on any atom is -0.496 e. The first-order chi connectivity index (χ1) is 18.8. The molecule has 39 heavy (non-hydrogen) atoms. The molecule has 1 aromatic carbocycles. The number of alkyl halides is 2. The van der Waals surface area contributed by atoms with Gasteiger partial charge in [0.25, 0.3) is 0 Å². The summed E-state index contributed by atoms with van der Waals surface area (Å²) in [7, 11) is 1.64. The average molecular weight is 544 g/mol. The lowest BCUT2D eigenvalue weighted by Crippen LogP contribution is -2.38. The molecular formula is C30H39F2N3O4. The van der Waals surface area contributed by atoms with Crippen molar-refractivity contribution in [3.05, 3.63) is 47.8 Å². The molecule has 3 heterocycles. The molecule has 0 bridgehead atoms. The molecular weight excluding hydrogens is 504 g/mol. The van der Waals surface area contributed by atoms with Crippen LogP contribution in [0.5, 0.6) is 11.5 Å². The molecule has 1 aliphatic carbocycles. The third kappa shape index (κ3) is 7.76. The second-order valence-corrected chi connectivity index (χ2v) is 10.2. The van der Waals surface area contributed by atoms with E-state index in [2.05, 4.69) is 16.1 Å². The van der Waals surface area contributed by atoms with E-state index in [1.54, 1.807) is 7.11 Å². The van der Waals surface area contributed by atoms with Crippen molar-refractivity contribution < 1.29 is 27.8 Å². The van der Waals surface area contributed by atoms with Gasteiger partial charge in [0.1, 0.15) is 18.1 Å². The monoisotopic (exact) mass is 543 g/mol. The van der Waals surface area contributed by atoms with Crippen LogP contribution in [0.15, 0.2) is 36.7 Å². The van der Waals surface area contributed by atoms with Gasteiger partial charge < -0.3 is 14.2 Å². The van der Waals surface area contributed by atoms with Crippen molar-refractivity contribution in [2.45, 2.75) is 58.3 Å². The van der Waals surface area contributed by atoms with E-state index in [4.69, 9.17) is 14.2 Å². The molecule has 1 aliphatic heterocycles. The van der Waals surface area contributed by atoms with Crippen LogP contribution in [0, 0.1) is 0 Å². The Labute approximate surface area is 229 Å². The molecule has 0 unspecified atom stereocenters. The first kappa shape index (κ1) is 29.0. The van der Waals surface area contributed by atoms with Crippen LogP contribution in [0.25, 0.3) is 16.6 Å². The molecule has 9 heteroatoms. The third-order valence-corrected chi connectivity index (χ3v) is 7.23. The highest BCUT2D eigenvalue weighted by Crippen LogP contribution is 2.35. The fraction of sp³-hybridized carbons (Fsp3) is 0.533. The van der Waals surface area contributed by atoms with Gasteiger partial charge >= 0.3 is 0 Å². The van der Waals surface area contributed by atoms with Crippen LogP contribution in [-0.2, 0) is 11.2 Å². The quantitative estimate of drug-likeness (QED) is 0.360. The van der Waals surface area contributed by atoms with Gasteiger partial charge in [0, 0.05) is 38.0 Å². The van der Waals surface area contributed by atoms with Crippen LogP contribution < -0.4 is 9.47 Å². The summed E-state index contributed by atoms with van der Waals surface area (Å²) in [6.45, 7) is 7.40. The molecule has 1 fully saturated rings. The standard InChI is InChI=1S/C26H31N3O4.C4H8F2/c1-31-25-16-20(15-19-5-3-2-4-6-24(30)26(19)25)22-17-27-29-18-21(7-8-23(22)29)33-14-11-28-9-12-32-13-10-28;1-3-4(2,5)6/h7-8,15-18H,2-6,9-14H2,1H3;3H2,1-2H3. The Morgan fingerprint density at radius 3 is 2.56 bits per heavy atom. The maximum atomic E-state index is 12.8. The Hall–Kier alpha value is -3.04. The number of pyridine rings is 1. The number of morpholine rings is 1. The number of aromatic nitrogens is 2. The number of nitrogens with zero attached hydrogens (tertiary/aromatic N) is 3. The number of aryl methyl sites for hydroxylation is 1. The van der Waals surface area contributed by atoms with E-state index < -0.39 is 5.92 Å². The second-order valence-electron chi connectivity index (χ2n) is 10.2. The van der Waals surface area contributed by atoms with Crippen LogP contribution >= 0.6 is 0 Å². The van der Waals surface area contributed by atoms with E-state index in [0.29, 0.717) is 18.8 Å². The summed E-state index contributed by atoms with van der Waals surface area (Å²) >= 11 is 0. The van der Waals surface area contributed by atoms with Crippen LogP contribution in [0.3, 0.4) is 0 Å². The zero-order valence-corrected chi connectivity index (χ0v) is 23.2. The number of hydrogen-bond acceptors (Lipinski definition) is 6. The average Bonchev–Trinajstić information content (AvgIpc) is 3.35. The molecule has 0 N–H and O–H groups in total. The fourth-order valence-electron chi connectivity index (χ4n) is 4.80. The molecule has 7 nitrogen and oxygen atoms in total. The van der Waals surface area contributed by atoms with E-state index in [9.17, 15) is 13.6 Å². The van der Waals surface area contributed by atoms with Gasteiger partial charge in [-0.25, -0.2) is 13.3 Å². The molecule has 0 spiro atoms. The Balaban J connectivity index is 0.000000531. The number of halogens is 2. The summed E-state index contributed by atoms with van der Waals surface area (Å²) in [5, 5.41) is 4.57. The number of fused-ring (bicyclic) bond motifs is 2. The van der Waals surface area contributed by atoms with Crippen molar-refractivity contribution in [1.29, 1.82) is 0 Å². The first-order valence-electron chi connectivity index (χ1n) is 13.8. The van der Waals surface area contributed by atoms with Crippen molar-refractivity contribution >= 4 is 11.3 Å². The van der Waals surface area contributed by atoms with E-state index in [-0.39, 0.29) is 12.2 Å². The van der Waals surface area contributed by atoms with Crippen LogP contribution in [-0.4, -0.2) is 72.8 Å². The molecule has 3 aromatic rings. The number of hydrogen-bond donors (Lipinski definition) is 0. The van der Waals surface area contributed by atoms with E-state index >= 15 is 0 Å². The van der Waals surface area contributed by atoms with Gasteiger partial charge in [-0.1, -0.05) is 19.4 Å². The van der Waals surface area contributed by atoms with Gasteiger partial charge in [-0.2, -0.15) is 5.10 Å². The number of carbonyl (C=O) groups is 1. The summed E-state index contributed by atoms with van der Waals surface area (Å²) in [4.78, 5) is 15.1. The van der Waals surface area contributed by atoms with Crippen LogP contribution in [0.1, 0.15) is 61.9 Å². The lowest BCUT2D eigenvalue weighted by Gasteiger charge is -2.26. The lowest BCUT2D eigenvalue weighted by atomic mass is 9.89. The van der Waals surface area contributed by atoms with Crippen molar-refractivity contribution in [2.24, 2.45) is 0 Å². The Bertz CT molecular complexity index is 1250. The topological polar surface area (TPSA) is 65.3 Å². The van der Waals surface area contributed by atoms with E-state index in [0.717, 1.165) is 99.0 Å². The lowest BCUT2D eigenvalue weighted by molar-refractivity contribution is 0.0181. The summed E-state index contributed by atoms with van der Waals surface area (Å²) in [6.07, 6.45) is 8.35. The van der Waals surface area contributed by atoms with E-state index in [1.165, 1.54) is 6.92 Å². The third-order valence-electron chi connectivity index (χ3n) is 7.23. The molecule has 5 rings (SSSR count). The number of rotatable bonds is 7. The first-order valence-corrected chi connectivity index (χ1v) is 13.8. The number of carbonyl (C=O) groups excluding carboxylic acids is 1. The minimum atomic E-state index is -2.46. The number of Topliss-reactive ketones (excluding diaryl/α,β-unsaturated/α-hetero) is 1. The number of methoxy groups -OCH3 is 1. The molecule has 0 atom stereocenters. The number of ketones is 1. The number of ether oxygens (including phenoxy) is 3. The van der Waals surface area contributed by atoms with Crippen molar-refractivity contribution in [1.82, 2.24) is 14.5 Å². The SMILES string of the molecule is CCC(C)(F)F.COc1cc(-c2cnn3cc(OCCN4CCOCC4)ccc23)cc2c1C(=O)CCCCC2. The smallest absolute Gasteiger partial charge is 0.245 e. The fourth-order valence-corrected chi connectivity index (χ4v) is 4.80. The maximum absolute atomic E-state index is 12.8. The van der Waals surface area contributed by atoms with Crippen LogP contribution in [0.2, 0.25) is 0 Å². The zero-order valence-electron chi connectivity index (χ0n) is 23.2. The highest BCUT2D eigenvalue weighted by Gasteiger charge is 2.22. The second kappa shape index (κ2) is 13.3. The van der Waals surface area contributed by atoms with Gasteiger partial charge in [0.2, 0.25) is 5.92 Å². The van der Waals surface area contributed by atoms with Gasteiger partial charge in [0.15, 0.2) is 5.78 Å². The predicted molar refractivity (Wildman–Crippen MR) is 147 cm³/mol. The normalized spacial score (nSPS) is 16.6. The van der Waals surface area contributed by atoms with Crippen molar-refractivity contribution in [3.8, 4) is 22.6 Å². The van der Waals surface area contributed by atoms with Crippen molar-refractivity contribution in [2.75, 3.05) is 46.6 Å². The van der Waals surface area contributed by atoms with Gasteiger partial charge in [0.05, 0.1) is 43.8 Å². The highest BCUT2D eigenvalue weighted by atomic mass is 19.3. The summed E-state index contributed by atoms with van der Waals surface area (Å²) in [6, 6.07) is 8.15. The molecule has 0 saturated carbocycles. The van der Waals surface area contributed by atoms with Crippen LogP contribution in [0.4, 0.5) is 8.78 Å². The largest absolute Gasteiger partial charge is 0.496 e. The minimum absolute atomic E-state index is 0.0625. The molecule has 212 valence electrons. The zero-order chi connectivity index (χ0) is 27.8. The Morgan fingerprint density at radius 2 is 1.85 bits per heavy atom.